The summed E-state index contributed by atoms with van der Waals surface area (Å²) in [5, 5.41) is 0. The van der Waals surface area contributed by atoms with Crippen LogP contribution in [-0.4, -0.2) is 65.3 Å². The van der Waals surface area contributed by atoms with Crippen molar-refractivity contribution in [3.63, 3.8) is 0 Å². The summed E-state index contributed by atoms with van der Waals surface area (Å²) < 4.78 is 0. The van der Waals surface area contributed by atoms with Gasteiger partial charge in [-0.2, -0.15) is 0 Å². The van der Waals surface area contributed by atoms with Crippen LogP contribution in [0.1, 0.15) is 55.7 Å². The molecule has 4 rings (SSSR count). The highest BCUT2D eigenvalue weighted by Gasteiger charge is 2.45. The number of nitrogens with zero attached hydrogens (tertiary/aromatic N) is 3. The molecule has 3 aliphatic rings. The van der Waals surface area contributed by atoms with Crippen molar-refractivity contribution in [3.05, 3.63) is 40.6 Å². The largest absolute Gasteiger partial charge is 0.364 e. The van der Waals surface area contributed by atoms with Crippen LogP contribution in [0.25, 0.3) is 5.57 Å². The van der Waals surface area contributed by atoms with Crippen molar-refractivity contribution in [3.8, 4) is 0 Å². The summed E-state index contributed by atoms with van der Waals surface area (Å²) in [5.41, 5.74) is 4.50. The number of rotatable bonds is 4. The molecule has 2 heterocycles. The maximum atomic E-state index is 13.6. The molecule has 2 aliphatic heterocycles. The number of amides is 2. The number of benzene rings is 1. The summed E-state index contributed by atoms with van der Waals surface area (Å²) in [5.74, 6) is -0.154. The molecule has 0 atom stereocenters. The standard InChI is InChI=1S/C24H33N3O2/c1-4-25-12-14-26(15-13-25)22-21(19-11-10-17(2)18(3)16-19)23(28)27(24(22)29)20-8-6-5-7-9-20/h10-11,16,20H,4-9,12-15H2,1-3H3. The van der Waals surface area contributed by atoms with E-state index in [0.717, 1.165) is 69.5 Å². The SMILES string of the molecule is CCN1CCN(C2=C(c3ccc(C)c(C)c3)C(=O)N(C3CCCCC3)C2=O)CC1. The van der Waals surface area contributed by atoms with Crippen molar-refractivity contribution in [2.75, 3.05) is 32.7 Å². The summed E-state index contributed by atoms with van der Waals surface area (Å²) in [4.78, 5) is 33.4. The first kappa shape index (κ1) is 20.1. The molecular weight excluding hydrogens is 362 g/mol. The Hall–Kier alpha value is -2.14. The van der Waals surface area contributed by atoms with Crippen LogP contribution in [0, 0.1) is 13.8 Å². The lowest BCUT2D eigenvalue weighted by molar-refractivity contribution is -0.141. The first-order valence-corrected chi connectivity index (χ1v) is 11.2. The molecule has 2 fully saturated rings. The van der Waals surface area contributed by atoms with Gasteiger partial charge in [-0.3, -0.25) is 14.5 Å². The van der Waals surface area contributed by atoms with Crippen LogP contribution >= 0.6 is 0 Å². The van der Waals surface area contributed by atoms with Crippen LogP contribution in [0.4, 0.5) is 0 Å². The minimum absolute atomic E-state index is 0.0553. The van der Waals surface area contributed by atoms with Crippen LogP contribution in [-0.2, 0) is 9.59 Å². The zero-order chi connectivity index (χ0) is 20.5. The zero-order valence-corrected chi connectivity index (χ0v) is 18.0. The monoisotopic (exact) mass is 395 g/mol. The van der Waals surface area contributed by atoms with E-state index in [1.165, 1.54) is 12.0 Å². The van der Waals surface area contributed by atoms with E-state index in [9.17, 15) is 9.59 Å². The summed E-state index contributed by atoms with van der Waals surface area (Å²) in [7, 11) is 0. The van der Waals surface area contributed by atoms with E-state index in [-0.39, 0.29) is 17.9 Å². The van der Waals surface area contributed by atoms with Crippen LogP contribution < -0.4 is 0 Å². The topological polar surface area (TPSA) is 43.9 Å². The van der Waals surface area contributed by atoms with Gasteiger partial charge in [0, 0.05) is 32.2 Å². The van der Waals surface area contributed by atoms with Crippen LogP contribution in [0.5, 0.6) is 0 Å². The number of hydrogen-bond donors (Lipinski definition) is 0. The fraction of sp³-hybridized carbons (Fsp3) is 0.583. The Bertz CT molecular complexity index is 831. The van der Waals surface area contributed by atoms with Crippen LogP contribution in [0.15, 0.2) is 23.9 Å². The molecule has 1 aromatic rings. The second-order valence-corrected chi connectivity index (χ2v) is 8.72. The molecule has 1 aromatic carbocycles. The second-order valence-electron chi connectivity index (χ2n) is 8.72. The third-order valence-electron chi connectivity index (χ3n) is 6.96. The number of carbonyl (C=O) groups is 2. The Morgan fingerprint density at radius 1 is 0.897 bits per heavy atom. The number of likely N-dealkylation sites (N-methyl/N-ethyl adjacent to an activating group) is 1. The Morgan fingerprint density at radius 2 is 1.59 bits per heavy atom. The second kappa shape index (κ2) is 8.31. The molecule has 0 unspecified atom stereocenters. The predicted molar refractivity (Wildman–Crippen MR) is 115 cm³/mol. The Morgan fingerprint density at radius 3 is 2.21 bits per heavy atom. The van der Waals surface area contributed by atoms with Crippen molar-refractivity contribution in [1.82, 2.24) is 14.7 Å². The number of piperazine rings is 1. The molecule has 0 bridgehead atoms. The van der Waals surface area contributed by atoms with Crippen molar-refractivity contribution in [2.45, 2.75) is 58.9 Å². The maximum absolute atomic E-state index is 13.6. The van der Waals surface area contributed by atoms with E-state index in [1.54, 1.807) is 4.90 Å². The molecule has 0 spiro atoms. The van der Waals surface area contributed by atoms with E-state index >= 15 is 0 Å². The van der Waals surface area contributed by atoms with Gasteiger partial charge < -0.3 is 9.80 Å². The molecule has 0 radical (unpaired) electrons. The third kappa shape index (κ3) is 3.73. The van der Waals surface area contributed by atoms with Gasteiger partial charge in [-0.05, 0) is 49.9 Å². The molecule has 156 valence electrons. The smallest absolute Gasteiger partial charge is 0.278 e. The highest BCUT2D eigenvalue weighted by atomic mass is 16.2. The van der Waals surface area contributed by atoms with E-state index in [4.69, 9.17) is 0 Å². The lowest BCUT2D eigenvalue weighted by Crippen LogP contribution is -2.48. The molecular formula is C24H33N3O2. The fourth-order valence-electron chi connectivity index (χ4n) is 4.94. The fourth-order valence-corrected chi connectivity index (χ4v) is 4.94. The van der Waals surface area contributed by atoms with Crippen molar-refractivity contribution in [1.29, 1.82) is 0 Å². The minimum Gasteiger partial charge on any atom is -0.364 e. The number of imide groups is 1. The highest BCUT2D eigenvalue weighted by molar-refractivity contribution is 6.35. The van der Waals surface area contributed by atoms with E-state index < -0.39 is 0 Å². The summed E-state index contributed by atoms with van der Waals surface area (Å²) in [6.07, 6.45) is 5.29. The summed E-state index contributed by atoms with van der Waals surface area (Å²) in [6.45, 7) is 10.8. The Balaban J connectivity index is 1.73. The van der Waals surface area contributed by atoms with Crippen LogP contribution in [0.3, 0.4) is 0 Å². The minimum atomic E-state index is -0.0851. The average Bonchev–Trinajstić information content (AvgIpc) is 3.01. The molecule has 0 aromatic heterocycles. The van der Waals surface area contributed by atoms with Gasteiger partial charge in [-0.25, -0.2) is 0 Å². The molecule has 1 saturated carbocycles. The van der Waals surface area contributed by atoms with Gasteiger partial charge in [0.05, 0.1) is 5.57 Å². The van der Waals surface area contributed by atoms with Gasteiger partial charge in [0.2, 0.25) is 0 Å². The predicted octanol–water partition coefficient (Wildman–Crippen LogP) is 3.35. The lowest BCUT2D eigenvalue weighted by Gasteiger charge is -2.36. The van der Waals surface area contributed by atoms with Crippen molar-refractivity contribution < 1.29 is 9.59 Å². The molecule has 1 saturated heterocycles. The Labute approximate surface area is 174 Å². The molecule has 1 aliphatic carbocycles. The van der Waals surface area contributed by atoms with Gasteiger partial charge in [0.15, 0.2) is 0 Å². The third-order valence-corrected chi connectivity index (χ3v) is 6.96. The molecule has 5 heteroatoms. The lowest BCUT2D eigenvalue weighted by atomic mass is 9.94. The van der Waals surface area contributed by atoms with Crippen LogP contribution in [0.2, 0.25) is 0 Å². The van der Waals surface area contributed by atoms with E-state index in [2.05, 4.69) is 42.7 Å². The average molecular weight is 396 g/mol. The summed E-state index contributed by atoms with van der Waals surface area (Å²) in [6, 6.07) is 6.20. The Kier molecular flexibility index (Phi) is 5.77. The number of hydrogen-bond acceptors (Lipinski definition) is 4. The first-order valence-electron chi connectivity index (χ1n) is 11.2. The van der Waals surface area contributed by atoms with Gasteiger partial charge in [0.1, 0.15) is 5.70 Å². The molecule has 29 heavy (non-hydrogen) atoms. The van der Waals surface area contributed by atoms with Crippen molar-refractivity contribution >= 4 is 17.4 Å². The normalized spacial score (nSPS) is 22.2. The van der Waals surface area contributed by atoms with Gasteiger partial charge in [0.25, 0.3) is 11.8 Å². The maximum Gasteiger partial charge on any atom is 0.278 e. The molecule has 2 amide bonds. The van der Waals surface area contributed by atoms with Gasteiger partial charge >= 0.3 is 0 Å². The quantitative estimate of drug-likeness (QED) is 0.734. The number of carbonyl (C=O) groups excluding carboxylic acids is 2. The van der Waals surface area contributed by atoms with E-state index in [0.29, 0.717) is 11.3 Å². The molecule has 5 nitrogen and oxygen atoms in total. The van der Waals surface area contributed by atoms with E-state index in [1.807, 2.05) is 6.07 Å². The first-order chi connectivity index (χ1) is 14.0. The molecule has 0 N–H and O–H groups in total. The van der Waals surface area contributed by atoms with Gasteiger partial charge in [-0.15, -0.1) is 0 Å². The summed E-state index contributed by atoms with van der Waals surface area (Å²) >= 11 is 0. The zero-order valence-electron chi connectivity index (χ0n) is 18.0. The highest BCUT2D eigenvalue weighted by Crippen LogP contribution is 2.36. The van der Waals surface area contributed by atoms with Crippen molar-refractivity contribution in [2.24, 2.45) is 0 Å². The number of aryl methyl sites for hydroxylation is 2. The van der Waals surface area contributed by atoms with Gasteiger partial charge in [-0.1, -0.05) is 44.4 Å².